The van der Waals surface area contributed by atoms with Crippen LogP contribution in [0.15, 0.2) is 30.3 Å². The fraction of sp³-hybridized carbons (Fsp3) is 0.381. The van der Waals surface area contributed by atoms with Crippen LogP contribution in [-0.2, 0) is 9.53 Å². The van der Waals surface area contributed by atoms with E-state index in [9.17, 15) is 9.59 Å². The number of fused-ring (bicyclic) bond motifs is 2. The Balaban J connectivity index is 1.53. The molecular formula is C21H22N2O3S. The molecule has 0 radical (unpaired) electrons. The molecule has 1 saturated heterocycles. The zero-order valence-corrected chi connectivity index (χ0v) is 16.3. The first kappa shape index (κ1) is 17.9. The number of amides is 1. The van der Waals surface area contributed by atoms with E-state index in [4.69, 9.17) is 9.72 Å². The molecule has 140 valence electrons. The summed E-state index contributed by atoms with van der Waals surface area (Å²) in [6, 6.07) is 10.2. The number of esters is 1. The summed E-state index contributed by atoms with van der Waals surface area (Å²) in [5.41, 5.74) is 2.14. The van der Waals surface area contributed by atoms with Gasteiger partial charge in [0.25, 0.3) is 5.91 Å². The number of aromatic nitrogens is 1. The highest BCUT2D eigenvalue weighted by Crippen LogP contribution is 2.30. The number of hydrogen-bond donors (Lipinski definition) is 0. The quantitative estimate of drug-likeness (QED) is 0.638. The number of carbonyl (C=O) groups is 2. The lowest BCUT2D eigenvalue weighted by Gasteiger charge is -2.30. The standard InChI is InChI=1S/C21H22N2O3S/c1-3-26-21(25)14-6-8-23(9-7-14)20(24)18-12-16-11-15-10-13(2)4-5-17(15)22-19(16)27-18/h4-5,10-12,14H,3,6-9H2,1-2H3. The largest absolute Gasteiger partial charge is 0.466 e. The Morgan fingerprint density at radius 2 is 1.96 bits per heavy atom. The van der Waals surface area contributed by atoms with E-state index in [0.29, 0.717) is 37.4 Å². The molecule has 0 unspecified atom stereocenters. The molecule has 0 saturated carbocycles. The molecule has 0 N–H and O–H groups in total. The number of likely N-dealkylation sites (tertiary alicyclic amines) is 1. The van der Waals surface area contributed by atoms with E-state index in [-0.39, 0.29) is 17.8 Å². The van der Waals surface area contributed by atoms with Crippen LogP contribution in [0, 0.1) is 12.8 Å². The van der Waals surface area contributed by atoms with Crippen molar-refractivity contribution in [2.24, 2.45) is 5.92 Å². The molecule has 5 nitrogen and oxygen atoms in total. The number of rotatable bonds is 3. The SMILES string of the molecule is CCOC(=O)C1CCN(C(=O)c2cc3cc4cc(C)ccc4nc3s2)CC1. The number of hydrogen-bond acceptors (Lipinski definition) is 5. The van der Waals surface area contributed by atoms with E-state index in [1.54, 1.807) is 0 Å². The lowest BCUT2D eigenvalue weighted by Crippen LogP contribution is -2.40. The zero-order chi connectivity index (χ0) is 19.0. The Morgan fingerprint density at radius 1 is 1.19 bits per heavy atom. The number of benzene rings is 1. The highest BCUT2D eigenvalue weighted by atomic mass is 32.1. The first-order valence-electron chi connectivity index (χ1n) is 9.32. The van der Waals surface area contributed by atoms with Crippen LogP contribution in [0.2, 0.25) is 0 Å². The van der Waals surface area contributed by atoms with E-state index in [1.165, 1.54) is 16.9 Å². The average molecular weight is 382 g/mol. The Kier molecular flexibility index (Phi) is 4.83. The van der Waals surface area contributed by atoms with Crippen LogP contribution in [0.5, 0.6) is 0 Å². The number of carbonyl (C=O) groups excluding carboxylic acids is 2. The van der Waals surface area contributed by atoms with Gasteiger partial charge in [-0.2, -0.15) is 0 Å². The Morgan fingerprint density at radius 3 is 2.70 bits per heavy atom. The van der Waals surface area contributed by atoms with E-state index in [2.05, 4.69) is 25.1 Å². The van der Waals surface area contributed by atoms with Crippen LogP contribution in [-0.4, -0.2) is 41.5 Å². The minimum Gasteiger partial charge on any atom is -0.466 e. The molecule has 0 bridgehead atoms. The summed E-state index contributed by atoms with van der Waals surface area (Å²) in [7, 11) is 0. The third-order valence-electron chi connectivity index (χ3n) is 5.07. The van der Waals surface area contributed by atoms with Crippen molar-refractivity contribution < 1.29 is 14.3 Å². The van der Waals surface area contributed by atoms with Gasteiger partial charge in [0.05, 0.1) is 22.9 Å². The first-order chi connectivity index (χ1) is 13.0. The highest BCUT2D eigenvalue weighted by Gasteiger charge is 2.29. The van der Waals surface area contributed by atoms with Crippen molar-refractivity contribution in [2.45, 2.75) is 26.7 Å². The summed E-state index contributed by atoms with van der Waals surface area (Å²) in [5.74, 6) is -0.204. The lowest BCUT2D eigenvalue weighted by molar-refractivity contribution is -0.149. The van der Waals surface area contributed by atoms with Crippen molar-refractivity contribution in [3.8, 4) is 0 Å². The maximum absolute atomic E-state index is 12.9. The molecule has 0 aliphatic carbocycles. The van der Waals surface area contributed by atoms with Crippen LogP contribution in [0.3, 0.4) is 0 Å². The normalized spacial score (nSPS) is 15.4. The van der Waals surface area contributed by atoms with Crippen LogP contribution in [0.4, 0.5) is 0 Å². The smallest absolute Gasteiger partial charge is 0.309 e. The van der Waals surface area contributed by atoms with Crippen molar-refractivity contribution in [1.29, 1.82) is 0 Å². The van der Waals surface area contributed by atoms with Crippen LogP contribution in [0.25, 0.3) is 21.1 Å². The molecule has 1 aliphatic heterocycles. The molecule has 1 fully saturated rings. The number of thiophene rings is 1. The average Bonchev–Trinajstić information content (AvgIpc) is 3.08. The van der Waals surface area contributed by atoms with E-state index >= 15 is 0 Å². The summed E-state index contributed by atoms with van der Waals surface area (Å²) in [4.78, 5) is 32.9. The molecule has 1 aliphatic rings. The first-order valence-corrected chi connectivity index (χ1v) is 10.1. The summed E-state index contributed by atoms with van der Waals surface area (Å²) >= 11 is 1.44. The van der Waals surface area contributed by atoms with Crippen molar-refractivity contribution in [1.82, 2.24) is 9.88 Å². The Labute approximate surface area is 161 Å². The molecule has 3 heterocycles. The number of piperidine rings is 1. The molecule has 1 aromatic carbocycles. The molecule has 27 heavy (non-hydrogen) atoms. The molecule has 4 rings (SSSR count). The number of aryl methyl sites for hydroxylation is 1. The minimum atomic E-state index is -0.141. The fourth-order valence-electron chi connectivity index (χ4n) is 3.59. The summed E-state index contributed by atoms with van der Waals surface area (Å²) in [6.45, 7) is 5.46. The minimum absolute atomic E-state index is 0.0283. The second kappa shape index (κ2) is 7.27. The van der Waals surface area contributed by atoms with E-state index in [0.717, 1.165) is 21.1 Å². The summed E-state index contributed by atoms with van der Waals surface area (Å²) in [5, 5.41) is 2.09. The van der Waals surface area contributed by atoms with Gasteiger partial charge >= 0.3 is 5.97 Å². The number of pyridine rings is 1. The Bertz CT molecular complexity index is 1020. The van der Waals surface area contributed by atoms with Crippen LogP contribution >= 0.6 is 11.3 Å². The van der Waals surface area contributed by atoms with Crippen molar-refractivity contribution in [3.05, 3.63) is 40.8 Å². The fourth-order valence-corrected chi connectivity index (χ4v) is 4.58. The monoisotopic (exact) mass is 382 g/mol. The molecule has 0 atom stereocenters. The van der Waals surface area contributed by atoms with Crippen molar-refractivity contribution in [2.75, 3.05) is 19.7 Å². The van der Waals surface area contributed by atoms with Gasteiger partial charge in [0, 0.05) is 23.9 Å². The molecule has 0 spiro atoms. The molecule has 3 aromatic rings. The van der Waals surface area contributed by atoms with Gasteiger partial charge in [-0.1, -0.05) is 11.6 Å². The second-order valence-electron chi connectivity index (χ2n) is 7.01. The van der Waals surface area contributed by atoms with Crippen molar-refractivity contribution >= 4 is 44.3 Å². The zero-order valence-electron chi connectivity index (χ0n) is 15.5. The van der Waals surface area contributed by atoms with Gasteiger partial charge in [0.2, 0.25) is 0 Å². The molecular weight excluding hydrogens is 360 g/mol. The van der Waals surface area contributed by atoms with Gasteiger partial charge in [-0.25, -0.2) is 4.98 Å². The van der Waals surface area contributed by atoms with Gasteiger partial charge in [0.15, 0.2) is 0 Å². The van der Waals surface area contributed by atoms with Gasteiger partial charge in [0.1, 0.15) is 4.83 Å². The summed E-state index contributed by atoms with van der Waals surface area (Å²) in [6.07, 6.45) is 1.33. The van der Waals surface area contributed by atoms with Gasteiger partial charge in [-0.3, -0.25) is 9.59 Å². The third-order valence-corrected chi connectivity index (χ3v) is 6.10. The second-order valence-corrected chi connectivity index (χ2v) is 8.04. The maximum atomic E-state index is 12.9. The van der Waals surface area contributed by atoms with E-state index in [1.807, 2.05) is 24.0 Å². The molecule has 6 heteroatoms. The van der Waals surface area contributed by atoms with Crippen LogP contribution < -0.4 is 0 Å². The highest BCUT2D eigenvalue weighted by molar-refractivity contribution is 7.20. The van der Waals surface area contributed by atoms with Crippen molar-refractivity contribution in [3.63, 3.8) is 0 Å². The predicted molar refractivity (Wildman–Crippen MR) is 107 cm³/mol. The third kappa shape index (κ3) is 3.54. The van der Waals surface area contributed by atoms with E-state index < -0.39 is 0 Å². The van der Waals surface area contributed by atoms with Crippen LogP contribution in [0.1, 0.15) is 35.0 Å². The number of ether oxygens (including phenoxy) is 1. The van der Waals surface area contributed by atoms with Gasteiger partial charge in [-0.15, -0.1) is 11.3 Å². The molecule has 1 amide bonds. The maximum Gasteiger partial charge on any atom is 0.309 e. The summed E-state index contributed by atoms with van der Waals surface area (Å²) < 4.78 is 5.10. The van der Waals surface area contributed by atoms with Gasteiger partial charge < -0.3 is 9.64 Å². The number of nitrogens with zero attached hydrogens (tertiary/aromatic N) is 2. The topological polar surface area (TPSA) is 59.5 Å². The Hall–Kier alpha value is -2.47. The van der Waals surface area contributed by atoms with Gasteiger partial charge in [-0.05, 0) is 51.0 Å². The lowest BCUT2D eigenvalue weighted by atomic mass is 9.97. The predicted octanol–water partition coefficient (Wildman–Crippen LogP) is 4.17. The molecule has 2 aromatic heterocycles.